The molecule has 0 radical (unpaired) electrons. The molecule has 0 aliphatic carbocycles. The Morgan fingerprint density at radius 1 is 0.667 bits per heavy atom. The molecule has 0 unspecified atom stereocenters. The summed E-state index contributed by atoms with van der Waals surface area (Å²) < 4.78 is 45.2. The molecule has 0 amide bonds. The molecule has 2 fully saturated rings. The first-order valence-corrected chi connectivity index (χ1v) is 16.8. The van der Waals surface area contributed by atoms with Gasteiger partial charge in [0.1, 0.15) is 16.6 Å². The molecule has 0 bridgehead atoms. The summed E-state index contributed by atoms with van der Waals surface area (Å²) in [6.07, 6.45) is 7.76. The number of esters is 2. The summed E-state index contributed by atoms with van der Waals surface area (Å²) in [6.45, 7) is 11.6. The fourth-order valence-electron chi connectivity index (χ4n) is 5.11. The quantitative estimate of drug-likeness (QED) is 0.0786. The van der Waals surface area contributed by atoms with Gasteiger partial charge in [0.05, 0.1) is 40.6 Å². The number of ketones is 1. The van der Waals surface area contributed by atoms with Crippen LogP contribution in [0.4, 0.5) is 0 Å². The van der Waals surface area contributed by atoms with Gasteiger partial charge in [-0.1, -0.05) is 38.1 Å². The van der Waals surface area contributed by atoms with Gasteiger partial charge in [0.25, 0.3) is 0 Å². The van der Waals surface area contributed by atoms with Crippen LogP contribution in [0.25, 0.3) is 12.2 Å². The number of hydrogen-bond donors (Lipinski definition) is 1. The van der Waals surface area contributed by atoms with Crippen LogP contribution in [0.5, 0.6) is 23.0 Å². The number of rotatable bonds is 13. The van der Waals surface area contributed by atoms with Crippen molar-refractivity contribution in [3.05, 3.63) is 71.5 Å². The van der Waals surface area contributed by atoms with E-state index >= 15 is 0 Å². The fraction of sp³-hybridized carbons (Fsp3) is 0.462. The SMILES string of the molecule is CCC1(C(=O)Oc2ccc(/C=C/C(=O)/C=C(O)/C=C/c3ccc(OC(=O)C4(CC)COC(C)(C)OC4)c(OC)c3)cc2OC)COC(C)(C)OC1. The van der Waals surface area contributed by atoms with E-state index in [1.54, 1.807) is 76.2 Å². The summed E-state index contributed by atoms with van der Waals surface area (Å²) in [7, 11) is 2.90. The molecule has 0 spiro atoms. The first-order chi connectivity index (χ1) is 24.1. The van der Waals surface area contributed by atoms with Crippen LogP contribution >= 0.6 is 0 Å². The van der Waals surface area contributed by atoms with Gasteiger partial charge in [-0.3, -0.25) is 14.4 Å². The number of aliphatic hydroxyl groups excluding tert-OH is 1. The van der Waals surface area contributed by atoms with Crippen LogP contribution in [0, 0.1) is 10.8 Å². The first-order valence-electron chi connectivity index (χ1n) is 16.8. The van der Waals surface area contributed by atoms with Crippen molar-refractivity contribution in [1.82, 2.24) is 0 Å². The Hall–Kier alpha value is -4.49. The number of aliphatic hydroxyl groups is 1. The van der Waals surface area contributed by atoms with Crippen molar-refractivity contribution in [2.45, 2.75) is 66.0 Å². The molecule has 2 aromatic carbocycles. The molecule has 1 N–H and O–H groups in total. The van der Waals surface area contributed by atoms with Crippen LogP contribution in [0.2, 0.25) is 0 Å². The van der Waals surface area contributed by atoms with E-state index in [-0.39, 0.29) is 43.7 Å². The van der Waals surface area contributed by atoms with E-state index in [4.69, 9.17) is 37.9 Å². The molecule has 276 valence electrons. The molecular weight excluding hydrogens is 660 g/mol. The number of ether oxygens (including phenoxy) is 8. The van der Waals surface area contributed by atoms with Gasteiger partial charge in [-0.25, -0.2) is 0 Å². The van der Waals surface area contributed by atoms with Gasteiger partial charge in [0.15, 0.2) is 40.4 Å². The van der Waals surface area contributed by atoms with Gasteiger partial charge in [-0.05, 0) is 88.1 Å². The minimum Gasteiger partial charge on any atom is -0.508 e. The Bertz CT molecular complexity index is 1660. The average Bonchev–Trinajstić information content (AvgIpc) is 3.11. The fourth-order valence-corrected chi connectivity index (χ4v) is 5.11. The molecule has 2 heterocycles. The smallest absolute Gasteiger partial charge is 0.322 e. The van der Waals surface area contributed by atoms with Crippen LogP contribution in [-0.2, 0) is 33.3 Å². The van der Waals surface area contributed by atoms with E-state index in [0.717, 1.165) is 6.08 Å². The van der Waals surface area contributed by atoms with E-state index in [2.05, 4.69) is 0 Å². The number of carbonyl (C=O) groups excluding carboxylic acids is 3. The number of benzene rings is 2. The molecule has 0 aromatic heterocycles. The second-order valence-electron chi connectivity index (χ2n) is 13.5. The lowest BCUT2D eigenvalue weighted by Gasteiger charge is -2.41. The summed E-state index contributed by atoms with van der Waals surface area (Å²) in [5.41, 5.74) is -0.673. The Labute approximate surface area is 298 Å². The summed E-state index contributed by atoms with van der Waals surface area (Å²) in [5.74, 6) is -2.23. The van der Waals surface area contributed by atoms with Crippen LogP contribution in [0.15, 0.2) is 60.4 Å². The van der Waals surface area contributed by atoms with Gasteiger partial charge in [0.2, 0.25) is 0 Å². The molecule has 4 rings (SSSR count). The van der Waals surface area contributed by atoms with Gasteiger partial charge < -0.3 is 43.0 Å². The van der Waals surface area contributed by atoms with Crippen molar-refractivity contribution in [3.63, 3.8) is 0 Å². The largest absolute Gasteiger partial charge is 0.508 e. The number of methoxy groups -OCH3 is 2. The Kier molecular flexibility index (Phi) is 12.5. The molecule has 2 aliphatic rings. The average molecular weight is 709 g/mol. The summed E-state index contributed by atoms with van der Waals surface area (Å²) in [5, 5.41) is 10.4. The van der Waals surface area contributed by atoms with E-state index in [0.29, 0.717) is 35.5 Å². The lowest BCUT2D eigenvalue weighted by Crippen LogP contribution is -2.51. The third kappa shape index (κ3) is 9.85. The first kappa shape index (κ1) is 39.3. The van der Waals surface area contributed by atoms with Crippen LogP contribution < -0.4 is 18.9 Å². The maximum Gasteiger partial charge on any atom is 0.322 e. The number of hydrogen-bond acceptors (Lipinski definition) is 12. The molecule has 12 nitrogen and oxygen atoms in total. The molecule has 0 atom stereocenters. The van der Waals surface area contributed by atoms with Gasteiger partial charge in [-0.15, -0.1) is 0 Å². The van der Waals surface area contributed by atoms with E-state index in [1.165, 1.54) is 26.4 Å². The third-order valence-corrected chi connectivity index (χ3v) is 8.96. The third-order valence-electron chi connectivity index (χ3n) is 8.96. The summed E-state index contributed by atoms with van der Waals surface area (Å²) >= 11 is 0. The highest BCUT2D eigenvalue weighted by molar-refractivity contribution is 6.02. The molecule has 2 aliphatic heterocycles. The molecule has 12 heteroatoms. The van der Waals surface area contributed by atoms with E-state index in [9.17, 15) is 19.5 Å². The van der Waals surface area contributed by atoms with Crippen molar-refractivity contribution in [2.75, 3.05) is 40.6 Å². The number of carbonyl (C=O) groups is 3. The van der Waals surface area contributed by atoms with Crippen molar-refractivity contribution < 1.29 is 57.4 Å². The maximum absolute atomic E-state index is 13.2. The zero-order valence-electron chi connectivity index (χ0n) is 30.5. The summed E-state index contributed by atoms with van der Waals surface area (Å²) in [4.78, 5) is 38.9. The molecular formula is C39H48O12. The van der Waals surface area contributed by atoms with Crippen LogP contribution in [0.1, 0.15) is 65.5 Å². The topological polar surface area (TPSA) is 145 Å². The number of allylic oxidation sites excluding steroid dienone is 3. The van der Waals surface area contributed by atoms with Crippen LogP contribution in [-0.4, -0.2) is 75.0 Å². The molecule has 0 saturated carbocycles. The van der Waals surface area contributed by atoms with Crippen molar-refractivity contribution in [3.8, 4) is 23.0 Å². The zero-order chi connectivity index (χ0) is 37.5. The molecule has 2 aromatic rings. The van der Waals surface area contributed by atoms with Gasteiger partial charge >= 0.3 is 11.9 Å². The second kappa shape index (κ2) is 16.2. The van der Waals surface area contributed by atoms with Crippen LogP contribution in [0.3, 0.4) is 0 Å². The van der Waals surface area contributed by atoms with E-state index in [1.807, 2.05) is 13.8 Å². The Balaban J connectivity index is 1.37. The maximum atomic E-state index is 13.2. The van der Waals surface area contributed by atoms with Crippen molar-refractivity contribution in [1.29, 1.82) is 0 Å². The minimum atomic E-state index is -0.949. The second-order valence-corrected chi connectivity index (χ2v) is 13.5. The summed E-state index contributed by atoms with van der Waals surface area (Å²) in [6, 6.07) is 9.78. The Morgan fingerprint density at radius 3 is 1.43 bits per heavy atom. The highest BCUT2D eigenvalue weighted by Gasteiger charge is 2.47. The normalized spacial score (nSPS) is 19.4. The monoisotopic (exact) mass is 708 g/mol. The van der Waals surface area contributed by atoms with E-state index < -0.39 is 40.1 Å². The van der Waals surface area contributed by atoms with Crippen molar-refractivity contribution >= 4 is 29.9 Å². The minimum absolute atomic E-state index is 0.166. The standard InChI is InChI=1S/C39H48O12/c1-9-38(22-46-36(3,4)47-23-38)34(42)50-30-17-13-26(19-32(30)44-7)11-15-28(40)21-29(41)16-12-27-14-18-31(33(20-27)45-8)51-35(43)39(10-2)24-48-37(5,6)49-25-39/h11-21,40H,9-10,22-25H2,1-8H3/b15-11+,16-12+,28-21-. The van der Waals surface area contributed by atoms with Gasteiger partial charge in [-0.2, -0.15) is 0 Å². The molecule has 2 saturated heterocycles. The predicted octanol–water partition coefficient (Wildman–Crippen LogP) is 6.61. The zero-order valence-corrected chi connectivity index (χ0v) is 30.5. The highest BCUT2D eigenvalue weighted by atomic mass is 16.7. The molecule has 51 heavy (non-hydrogen) atoms. The highest BCUT2D eigenvalue weighted by Crippen LogP contribution is 2.38. The Morgan fingerprint density at radius 2 is 1.06 bits per heavy atom. The van der Waals surface area contributed by atoms with Gasteiger partial charge in [0, 0.05) is 6.08 Å². The lowest BCUT2D eigenvalue weighted by atomic mass is 9.86. The predicted molar refractivity (Wildman–Crippen MR) is 188 cm³/mol. The van der Waals surface area contributed by atoms with Crippen molar-refractivity contribution in [2.24, 2.45) is 10.8 Å². The lowest BCUT2D eigenvalue weighted by molar-refractivity contribution is -0.283.